The molecule has 1 aromatic rings. The molecule has 0 saturated carbocycles. The number of nitrogens with zero attached hydrogens (tertiary/aromatic N) is 1. The quantitative estimate of drug-likeness (QED) is 0.596. The zero-order valence-corrected chi connectivity index (χ0v) is 13.8. The van der Waals surface area contributed by atoms with E-state index in [1.807, 2.05) is 24.3 Å². The van der Waals surface area contributed by atoms with E-state index in [0.29, 0.717) is 6.42 Å². The van der Waals surface area contributed by atoms with Crippen molar-refractivity contribution in [3.8, 4) is 0 Å². The van der Waals surface area contributed by atoms with Crippen molar-refractivity contribution >= 4 is 23.8 Å². The number of esters is 1. The maximum atomic E-state index is 13.0. The topological polar surface area (TPSA) is 119 Å². The van der Waals surface area contributed by atoms with Crippen LogP contribution in [-0.4, -0.2) is 41.4 Å². The number of imide groups is 1. The number of amides is 4. The first-order valence-corrected chi connectivity index (χ1v) is 8.06. The summed E-state index contributed by atoms with van der Waals surface area (Å²) in [5, 5.41) is 2.74. The molecular weight excluding hydrogens is 326 g/mol. The van der Waals surface area contributed by atoms with Crippen molar-refractivity contribution in [1.82, 2.24) is 10.2 Å². The fourth-order valence-electron chi connectivity index (χ4n) is 3.38. The highest BCUT2D eigenvalue weighted by Gasteiger charge is 2.54. The lowest BCUT2D eigenvalue weighted by Crippen LogP contribution is -2.47. The lowest BCUT2D eigenvalue weighted by Gasteiger charge is -2.33. The van der Waals surface area contributed by atoms with E-state index in [0.717, 1.165) is 28.9 Å². The number of hydrogen-bond acceptors (Lipinski definition) is 5. The predicted molar refractivity (Wildman–Crippen MR) is 86.1 cm³/mol. The molecule has 1 aliphatic heterocycles. The van der Waals surface area contributed by atoms with Gasteiger partial charge in [0.1, 0.15) is 12.1 Å². The molecule has 1 aliphatic carbocycles. The van der Waals surface area contributed by atoms with Crippen LogP contribution in [0.25, 0.3) is 0 Å². The highest BCUT2D eigenvalue weighted by molar-refractivity contribution is 6.09. The van der Waals surface area contributed by atoms with Crippen LogP contribution in [0, 0.1) is 0 Å². The van der Waals surface area contributed by atoms with Gasteiger partial charge >= 0.3 is 12.0 Å². The van der Waals surface area contributed by atoms with Gasteiger partial charge in [0.25, 0.3) is 11.8 Å². The molecule has 0 bridgehead atoms. The number of hydrogen-bond donors (Lipinski definition) is 2. The SMILES string of the molecule is C[C@@H](OC(=O)CN1C(=O)N[C@@]2(CCCc3ccccc32)C1=O)C(N)=O. The minimum absolute atomic E-state index is 0.470. The number of primary amides is 1. The molecule has 8 nitrogen and oxygen atoms in total. The Hall–Kier alpha value is -2.90. The summed E-state index contributed by atoms with van der Waals surface area (Å²) in [6.07, 6.45) is 0.925. The maximum absolute atomic E-state index is 13.0. The largest absolute Gasteiger partial charge is 0.451 e. The van der Waals surface area contributed by atoms with Crippen molar-refractivity contribution in [1.29, 1.82) is 0 Å². The smallest absolute Gasteiger partial charge is 0.327 e. The third-order valence-electron chi connectivity index (χ3n) is 4.65. The third kappa shape index (κ3) is 2.84. The Morgan fingerprint density at radius 3 is 2.80 bits per heavy atom. The summed E-state index contributed by atoms with van der Waals surface area (Å²) in [5.74, 6) is -2.15. The lowest BCUT2D eigenvalue weighted by atomic mass is 9.76. The Morgan fingerprint density at radius 2 is 2.08 bits per heavy atom. The number of fused-ring (bicyclic) bond motifs is 2. The first-order valence-electron chi connectivity index (χ1n) is 8.06. The number of ether oxygens (including phenoxy) is 1. The number of benzene rings is 1. The lowest BCUT2D eigenvalue weighted by molar-refractivity contribution is -0.155. The second-order valence-electron chi connectivity index (χ2n) is 6.27. The highest BCUT2D eigenvalue weighted by atomic mass is 16.5. The van der Waals surface area contributed by atoms with Gasteiger partial charge in [-0.2, -0.15) is 0 Å². The molecule has 0 radical (unpaired) electrons. The average molecular weight is 345 g/mol. The minimum atomic E-state index is -1.14. The van der Waals surface area contributed by atoms with E-state index in [-0.39, 0.29) is 0 Å². The average Bonchev–Trinajstić information content (AvgIpc) is 2.80. The van der Waals surface area contributed by atoms with Gasteiger partial charge in [0.05, 0.1) is 0 Å². The van der Waals surface area contributed by atoms with E-state index in [2.05, 4.69) is 5.32 Å². The zero-order valence-electron chi connectivity index (χ0n) is 13.8. The second kappa shape index (κ2) is 6.19. The number of urea groups is 1. The number of nitrogens with one attached hydrogen (secondary N) is 1. The summed E-state index contributed by atoms with van der Waals surface area (Å²) in [6, 6.07) is 6.81. The number of rotatable bonds is 4. The number of nitrogens with two attached hydrogens (primary N) is 1. The molecule has 132 valence electrons. The molecule has 2 atom stereocenters. The molecule has 0 aromatic heterocycles. The van der Waals surface area contributed by atoms with Crippen LogP contribution in [0.15, 0.2) is 24.3 Å². The molecule has 8 heteroatoms. The monoisotopic (exact) mass is 345 g/mol. The van der Waals surface area contributed by atoms with Crippen LogP contribution in [0.5, 0.6) is 0 Å². The summed E-state index contributed by atoms with van der Waals surface area (Å²) in [4.78, 5) is 49.0. The summed E-state index contributed by atoms with van der Waals surface area (Å²) in [7, 11) is 0. The molecule has 2 aliphatic rings. The normalized spacial score (nSPS) is 23.2. The van der Waals surface area contributed by atoms with E-state index < -0.39 is 42.0 Å². The van der Waals surface area contributed by atoms with Gasteiger partial charge in [-0.3, -0.25) is 19.3 Å². The van der Waals surface area contributed by atoms with Crippen molar-refractivity contribution in [2.24, 2.45) is 5.73 Å². The molecule has 1 fully saturated rings. The van der Waals surface area contributed by atoms with E-state index >= 15 is 0 Å². The molecule has 3 rings (SSSR count). The molecule has 4 amide bonds. The van der Waals surface area contributed by atoms with Crippen LogP contribution in [-0.2, 0) is 31.1 Å². The number of carbonyl (C=O) groups excluding carboxylic acids is 4. The molecule has 1 saturated heterocycles. The van der Waals surface area contributed by atoms with Crippen LogP contribution in [0.2, 0.25) is 0 Å². The van der Waals surface area contributed by atoms with Gasteiger partial charge in [0, 0.05) is 0 Å². The number of aryl methyl sites for hydroxylation is 1. The van der Waals surface area contributed by atoms with Crippen LogP contribution < -0.4 is 11.1 Å². The molecule has 1 spiro atoms. The summed E-state index contributed by atoms with van der Waals surface area (Å²) in [6.45, 7) is 0.761. The van der Waals surface area contributed by atoms with Gasteiger partial charge in [0.2, 0.25) is 0 Å². The van der Waals surface area contributed by atoms with E-state index in [1.54, 1.807) is 0 Å². The van der Waals surface area contributed by atoms with Crippen LogP contribution in [0.4, 0.5) is 4.79 Å². The minimum Gasteiger partial charge on any atom is -0.451 e. The van der Waals surface area contributed by atoms with Crippen LogP contribution in [0.1, 0.15) is 30.9 Å². The fourth-order valence-corrected chi connectivity index (χ4v) is 3.38. The van der Waals surface area contributed by atoms with Gasteiger partial charge in [-0.25, -0.2) is 4.79 Å². The van der Waals surface area contributed by atoms with Crippen molar-refractivity contribution in [2.75, 3.05) is 6.54 Å². The fraction of sp³-hybridized carbons (Fsp3) is 0.412. The first-order chi connectivity index (χ1) is 11.8. The molecule has 0 unspecified atom stereocenters. The predicted octanol–water partition coefficient (Wildman–Crippen LogP) is 0.187. The van der Waals surface area contributed by atoms with Crippen LogP contribution >= 0.6 is 0 Å². The first kappa shape index (κ1) is 16.9. The molecule has 25 heavy (non-hydrogen) atoms. The third-order valence-corrected chi connectivity index (χ3v) is 4.65. The molecule has 1 heterocycles. The summed E-state index contributed by atoms with van der Waals surface area (Å²) in [5.41, 5.74) is 5.67. The van der Waals surface area contributed by atoms with Crippen molar-refractivity contribution in [2.45, 2.75) is 37.8 Å². The molecular formula is C17H19N3O5. The van der Waals surface area contributed by atoms with Gasteiger partial charge in [0.15, 0.2) is 6.10 Å². The Balaban J connectivity index is 1.82. The second-order valence-corrected chi connectivity index (χ2v) is 6.27. The summed E-state index contributed by atoms with van der Waals surface area (Å²) >= 11 is 0. The van der Waals surface area contributed by atoms with Crippen molar-refractivity contribution in [3.63, 3.8) is 0 Å². The van der Waals surface area contributed by atoms with Crippen molar-refractivity contribution < 1.29 is 23.9 Å². The van der Waals surface area contributed by atoms with Crippen LogP contribution in [0.3, 0.4) is 0 Å². The van der Waals surface area contributed by atoms with Crippen molar-refractivity contribution in [3.05, 3.63) is 35.4 Å². The highest BCUT2D eigenvalue weighted by Crippen LogP contribution is 2.39. The van der Waals surface area contributed by atoms with Gasteiger partial charge in [-0.05, 0) is 37.3 Å². The van der Waals surface area contributed by atoms with Gasteiger partial charge in [-0.1, -0.05) is 24.3 Å². The van der Waals surface area contributed by atoms with E-state index in [9.17, 15) is 19.2 Å². The Bertz CT molecular complexity index is 762. The molecule has 1 aromatic carbocycles. The Labute approximate surface area is 144 Å². The van der Waals surface area contributed by atoms with Gasteiger partial charge in [-0.15, -0.1) is 0 Å². The number of carbonyl (C=O) groups is 4. The van der Waals surface area contributed by atoms with Gasteiger partial charge < -0.3 is 15.8 Å². The Morgan fingerprint density at radius 1 is 1.36 bits per heavy atom. The molecule has 3 N–H and O–H groups in total. The zero-order chi connectivity index (χ0) is 18.2. The Kier molecular flexibility index (Phi) is 4.20. The summed E-state index contributed by atoms with van der Waals surface area (Å²) < 4.78 is 4.83. The van der Waals surface area contributed by atoms with E-state index in [4.69, 9.17) is 10.5 Å². The standard InChI is InChI=1S/C17H19N3O5/c1-10(14(18)22)25-13(21)9-20-15(23)17(19-16(20)24)8-4-6-11-5-2-3-7-12(11)17/h2-3,5,7,10H,4,6,8-9H2,1H3,(H2,18,22)(H,19,24)/t10-,17-/m1/s1. The van der Waals surface area contributed by atoms with E-state index in [1.165, 1.54) is 6.92 Å². The maximum Gasteiger partial charge on any atom is 0.327 e.